The summed E-state index contributed by atoms with van der Waals surface area (Å²) in [6, 6.07) is 7.97. The van der Waals surface area contributed by atoms with E-state index in [0.717, 1.165) is 15.7 Å². The first-order chi connectivity index (χ1) is 9.54. The first kappa shape index (κ1) is 14.9. The average Bonchev–Trinajstić information content (AvgIpc) is 2.36. The van der Waals surface area contributed by atoms with Gasteiger partial charge in [-0.15, -0.1) is 11.8 Å². The Morgan fingerprint density at radius 2 is 2.05 bits per heavy atom. The van der Waals surface area contributed by atoms with Gasteiger partial charge in [-0.2, -0.15) is 15.0 Å². The summed E-state index contributed by atoms with van der Waals surface area (Å²) in [6.45, 7) is 3.84. The molecule has 1 heterocycles. The number of aromatic nitrogens is 3. The summed E-state index contributed by atoms with van der Waals surface area (Å²) in [6.07, 6.45) is 0. The monoisotopic (exact) mass is 309 g/mol. The number of hydrogen-bond donors (Lipinski definition) is 2. The van der Waals surface area contributed by atoms with E-state index in [2.05, 4.69) is 27.2 Å². The van der Waals surface area contributed by atoms with Crippen LogP contribution in [0.3, 0.4) is 0 Å². The quantitative estimate of drug-likeness (QED) is 0.827. The van der Waals surface area contributed by atoms with Crippen molar-refractivity contribution >= 4 is 35.3 Å². The van der Waals surface area contributed by atoms with Crippen LogP contribution in [0.4, 0.5) is 11.9 Å². The predicted octanol–water partition coefficient (Wildman–Crippen LogP) is 3.01. The van der Waals surface area contributed by atoms with E-state index >= 15 is 0 Å². The number of hydrogen-bond acceptors (Lipinski definition) is 6. The fourth-order valence-electron chi connectivity index (χ4n) is 1.61. The zero-order valence-electron chi connectivity index (χ0n) is 11.3. The topological polar surface area (TPSA) is 76.7 Å². The Bertz CT molecular complexity index is 572. The fraction of sp³-hybridized carbons (Fsp3) is 0.308. The van der Waals surface area contributed by atoms with Crippen molar-refractivity contribution in [2.75, 3.05) is 16.8 Å². The third-order valence-electron chi connectivity index (χ3n) is 2.47. The third-order valence-corrected chi connectivity index (χ3v) is 4.24. The molecule has 2 aromatic rings. The average molecular weight is 310 g/mol. The Hall–Kier alpha value is -1.53. The van der Waals surface area contributed by atoms with E-state index in [1.807, 2.05) is 24.3 Å². The van der Waals surface area contributed by atoms with Crippen molar-refractivity contribution in [2.45, 2.75) is 24.8 Å². The molecule has 1 unspecified atom stereocenters. The van der Waals surface area contributed by atoms with E-state index in [0.29, 0.717) is 11.8 Å². The molecule has 0 aliphatic rings. The third kappa shape index (κ3) is 4.25. The largest absolute Gasteiger partial charge is 0.368 e. The predicted molar refractivity (Wildman–Crippen MR) is 84.2 cm³/mol. The SMILES string of the molecule is Cc1nc(N)nc(NC(C)CSc2ccccc2Cl)n1. The Kier molecular flexibility index (Phi) is 5.03. The number of rotatable bonds is 5. The molecule has 3 N–H and O–H groups in total. The van der Waals surface area contributed by atoms with Crippen molar-refractivity contribution in [3.05, 3.63) is 35.1 Å². The maximum atomic E-state index is 6.12. The van der Waals surface area contributed by atoms with Crippen LogP contribution in [0.5, 0.6) is 0 Å². The van der Waals surface area contributed by atoms with Gasteiger partial charge in [-0.3, -0.25) is 0 Å². The minimum Gasteiger partial charge on any atom is -0.368 e. The van der Waals surface area contributed by atoms with Crippen LogP contribution in [-0.4, -0.2) is 26.7 Å². The molecule has 1 aromatic carbocycles. The standard InChI is InChI=1S/C13H16ClN5S/c1-8(7-20-11-6-4-3-5-10(11)14)16-13-18-9(2)17-12(15)19-13/h3-6,8H,7H2,1-2H3,(H3,15,16,17,18,19). The second-order valence-corrected chi connectivity index (χ2v) is 5.82. The van der Waals surface area contributed by atoms with Crippen molar-refractivity contribution in [3.63, 3.8) is 0 Å². The van der Waals surface area contributed by atoms with Crippen molar-refractivity contribution < 1.29 is 0 Å². The minimum atomic E-state index is 0.178. The van der Waals surface area contributed by atoms with E-state index in [9.17, 15) is 0 Å². The molecule has 20 heavy (non-hydrogen) atoms. The molecule has 2 rings (SSSR count). The van der Waals surface area contributed by atoms with Crippen LogP contribution >= 0.6 is 23.4 Å². The lowest BCUT2D eigenvalue weighted by Crippen LogP contribution is -2.20. The number of anilines is 2. The van der Waals surface area contributed by atoms with Gasteiger partial charge in [0.05, 0.1) is 5.02 Å². The number of thioether (sulfide) groups is 1. The van der Waals surface area contributed by atoms with Crippen LogP contribution in [0.25, 0.3) is 0 Å². The van der Waals surface area contributed by atoms with Gasteiger partial charge in [0.1, 0.15) is 5.82 Å². The maximum absolute atomic E-state index is 6.12. The molecule has 0 spiro atoms. The molecule has 0 saturated carbocycles. The summed E-state index contributed by atoms with van der Waals surface area (Å²) >= 11 is 7.80. The van der Waals surface area contributed by atoms with Crippen molar-refractivity contribution in [1.82, 2.24) is 15.0 Å². The molecule has 0 saturated heterocycles. The number of nitrogens with one attached hydrogen (secondary N) is 1. The minimum absolute atomic E-state index is 0.178. The highest BCUT2D eigenvalue weighted by atomic mass is 35.5. The van der Waals surface area contributed by atoms with Crippen LogP contribution in [0, 0.1) is 6.92 Å². The number of halogens is 1. The zero-order chi connectivity index (χ0) is 14.5. The molecular formula is C13H16ClN5S. The van der Waals surface area contributed by atoms with Crippen molar-refractivity contribution in [1.29, 1.82) is 0 Å². The van der Waals surface area contributed by atoms with Gasteiger partial charge >= 0.3 is 0 Å². The molecule has 0 aliphatic carbocycles. The van der Waals surface area contributed by atoms with Crippen LogP contribution in [0.2, 0.25) is 5.02 Å². The van der Waals surface area contributed by atoms with Crippen molar-refractivity contribution in [3.8, 4) is 0 Å². The zero-order valence-corrected chi connectivity index (χ0v) is 12.9. The van der Waals surface area contributed by atoms with Crippen molar-refractivity contribution in [2.24, 2.45) is 0 Å². The van der Waals surface area contributed by atoms with Gasteiger partial charge < -0.3 is 11.1 Å². The second kappa shape index (κ2) is 6.76. The molecule has 1 atom stereocenters. The van der Waals surface area contributed by atoms with E-state index in [1.54, 1.807) is 18.7 Å². The van der Waals surface area contributed by atoms with E-state index < -0.39 is 0 Å². The summed E-state index contributed by atoms with van der Waals surface area (Å²) in [5.74, 6) is 2.17. The number of nitrogen functional groups attached to an aromatic ring is 1. The van der Waals surface area contributed by atoms with Gasteiger partial charge in [0.2, 0.25) is 11.9 Å². The lowest BCUT2D eigenvalue weighted by atomic mass is 10.4. The molecule has 5 nitrogen and oxygen atoms in total. The van der Waals surface area contributed by atoms with Crippen LogP contribution in [0.15, 0.2) is 29.2 Å². The highest BCUT2D eigenvalue weighted by Gasteiger charge is 2.08. The lowest BCUT2D eigenvalue weighted by molar-refractivity contribution is 0.869. The molecule has 0 amide bonds. The summed E-state index contributed by atoms with van der Waals surface area (Å²) in [5, 5.41) is 3.98. The molecule has 106 valence electrons. The number of nitrogens with zero attached hydrogens (tertiary/aromatic N) is 3. The van der Waals surface area contributed by atoms with Gasteiger partial charge in [0.15, 0.2) is 0 Å². The van der Waals surface area contributed by atoms with Gasteiger partial charge in [-0.05, 0) is 26.0 Å². The molecular weight excluding hydrogens is 294 g/mol. The van der Waals surface area contributed by atoms with Gasteiger partial charge in [-0.25, -0.2) is 0 Å². The molecule has 0 bridgehead atoms. The fourth-order valence-corrected chi connectivity index (χ4v) is 2.80. The highest BCUT2D eigenvalue weighted by Crippen LogP contribution is 2.27. The first-order valence-corrected chi connectivity index (χ1v) is 7.53. The van der Waals surface area contributed by atoms with E-state index in [1.165, 1.54) is 0 Å². The smallest absolute Gasteiger partial charge is 0.227 e. The molecule has 0 aliphatic heterocycles. The Morgan fingerprint density at radius 3 is 2.75 bits per heavy atom. The second-order valence-electron chi connectivity index (χ2n) is 4.35. The Labute approximate surface area is 127 Å². The Morgan fingerprint density at radius 1 is 1.30 bits per heavy atom. The normalized spacial score (nSPS) is 12.2. The van der Waals surface area contributed by atoms with Crippen LogP contribution < -0.4 is 11.1 Å². The van der Waals surface area contributed by atoms with E-state index in [4.69, 9.17) is 17.3 Å². The van der Waals surface area contributed by atoms with Gasteiger partial charge in [0, 0.05) is 16.7 Å². The summed E-state index contributed by atoms with van der Waals surface area (Å²) < 4.78 is 0. The molecule has 0 radical (unpaired) electrons. The molecule has 7 heteroatoms. The summed E-state index contributed by atoms with van der Waals surface area (Å²) in [7, 11) is 0. The first-order valence-electron chi connectivity index (χ1n) is 6.16. The summed E-state index contributed by atoms with van der Waals surface area (Å²) in [5.41, 5.74) is 5.60. The highest BCUT2D eigenvalue weighted by molar-refractivity contribution is 7.99. The lowest BCUT2D eigenvalue weighted by Gasteiger charge is -2.14. The van der Waals surface area contributed by atoms with E-state index in [-0.39, 0.29) is 12.0 Å². The van der Waals surface area contributed by atoms with Crippen LogP contribution in [0.1, 0.15) is 12.7 Å². The summed E-state index contributed by atoms with van der Waals surface area (Å²) in [4.78, 5) is 13.3. The maximum Gasteiger partial charge on any atom is 0.227 e. The number of nitrogens with two attached hydrogens (primary N) is 1. The molecule has 0 fully saturated rings. The Balaban J connectivity index is 1.92. The number of benzene rings is 1. The van der Waals surface area contributed by atoms with Gasteiger partial charge in [-0.1, -0.05) is 23.7 Å². The number of aryl methyl sites for hydroxylation is 1. The van der Waals surface area contributed by atoms with Crippen LogP contribution in [-0.2, 0) is 0 Å². The van der Waals surface area contributed by atoms with Gasteiger partial charge in [0.25, 0.3) is 0 Å². The molecule has 1 aromatic heterocycles.